The summed E-state index contributed by atoms with van der Waals surface area (Å²) in [5.41, 5.74) is 2.54. The number of nitrogens with zero attached hydrogens (tertiary/aromatic N) is 6. The molecule has 2 aromatic rings. The Morgan fingerprint density at radius 3 is 2.62 bits per heavy atom. The molecule has 2 aromatic heterocycles. The van der Waals surface area contributed by atoms with Crippen LogP contribution in [0.2, 0.25) is 0 Å². The van der Waals surface area contributed by atoms with Crippen LogP contribution in [-0.2, 0) is 10.2 Å². The molecule has 0 radical (unpaired) electrons. The highest BCUT2D eigenvalue weighted by atomic mass is 32.2. The summed E-state index contributed by atoms with van der Waals surface area (Å²) in [5, 5.41) is 4.33. The summed E-state index contributed by atoms with van der Waals surface area (Å²) < 4.78 is 29.5. The van der Waals surface area contributed by atoms with E-state index in [0.717, 1.165) is 29.9 Å². The molecule has 142 valence electrons. The maximum absolute atomic E-state index is 12.4. The average Bonchev–Trinajstić information content (AvgIpc) is 3.12. The standard InChI is InChI=1S/C17H26N6O2S/c1-13(2)23-17(7-8-20-23)16-11-18-15(10-19-16)14-6-5-9-22(12-14)26(24,25)21(3)4/h7-8,10-11,13-14H,5-6,9,12H2,1-4H3/t14-/m0/s1. The second-order valence-electron chi connectivity index (χ2n) is 7.07. The van der Waals surface area contributed by atoms with Gasteiger partial charge in [0.25, 0.3) is 10.2 Å². The smallest absolute Gasteiger partial charge is 0.261 e. The van der Waals surface area contributed by atoms with Crippen LogP contribution in [0.25, 0.3) is 11.4 Å². The molecule has 3 rings (SSSR count). The van der Waals surface area contributed by atoms with Crippen molar-refractivity contribution in [2.45, 2.75) is 38.6 Å². The second kappa shape index (κ2) is 7.42. The van der Waals surface area contributed by atoms with Crippen molar-refractivity contribution in [1.82, 2.24) is 28.4 Å². The van der Waals surface area contributed by atoms with Crippen molar-refractivity contribution in [3.05, 3.63) is 30.4 Å². The first-order valence-electron chi connectivity index (χ1n) is 8.84. The monoisotopic (exact) mass is 378 g/mol. The molecule has 1 aliphatic rings. The van der Waals surface area contributed by atoms with Gasteiger partial charge in [-0.2, -0.15) is 22.1 Å². The van der Waals surface area contributed by atoms with Crippen molar-refractivity contribution >= 4 is 10.2 Å². The zero-order valence-electron chi connectivity index (χ0n) is 15.7. The van der Waals surface area contributed by atoms with Gasteiger partial charge in [0, 0.05) is 51.5 Å². The van der Waals surface area contributed by atoms with Crippen molar-refractivity contribution < 1.29 is 8.42 Å². The third-order valence-electron chi connectivity index (χ3n) is 4.68. The van der Waals surface area contributed by atoms with E-state index in [1.165, 1.54) is 8.61 Å². The molecule has 3 heterocycles. The highest BCUT2D eigenvalue weighted by Gasteiger charge is 2.31. The Morgan fingerprint density at radius 2 is 2.00 bits per heavy atom. The molecule has 0 saturated carbocycles. The van der Waals surface area contributed by atoms with Crippen LogP contribution in [0.5, 0.6) is 0 Å². The number of hydrogen-bond acceptors (Lipinski definition) is 5. The minimum Gasteiger partial charge on any atom is -0.261 e. The number of piperidine rings is 1. The van der Waals surface area contributed by atoms with Crippen LogP contribution in [0.3, 0.4) is 0 Å². The summed E-state index contributed by atoms with van der Waals surface area (Å²) in [6, 6.07) is 2.17. The van der Waals surface area contributed by atoms with Gasteiger partial charge in [0.15, 0.2) is 0 Å². The predicted octanol–water partition coefficient (Wildman–Crippen LogP) is 1.91. The van der Waals surface area contributed by atoms with Gasteiger partial charge in [0.2, 0.25) is 0 Å². The van der Waals surface area contributed by atoms with E-state index in [1.54, 1.807) is 32.7 Å². The molecular weight excluding hydrogens is 352 g/mol. The summed E-state index contributed by atoms with van der Waals surface area (Å²) in [5.74, 6) is 0.0648. The Labute approximate surface area is 155 Å². The van der Waals surface area contributed by atoms with E-state index in [1.807, 2.05) is 10.7 Å². The number of hydrogen-bond donors (Lipinski definition) is 0. The van der Waals surface area contributed by atoms with Crippen LogP contribution in [0, 0.1) is 0 Å². The van der Waals surface area contributed by atoms with Crippen LogP contribution >= 0.6 is 0 Å². The van der Waals surface area contributed by atoms with E-state index in [0.29, 0.717) is 13.1 Å². The molecule has 0 N–H and O–H groups in total. The lowest BCUT2D eigenvalue weighted by molar-refractivity contribution is 0.296. The third-order valence-corrected chi connectivity index (χ3v) is 6.59. The number of rotatable bonds is 5. The van der Waals surface area contributed by atoms with Gasteiger partial charge < -0.3 is 0 Å². The molecule has 0 unspecified atom stereocenters. The zero-order valence-corrected chi connectivity index (χ0v) is 16.5. The molecule has 0 bridgehead atoms. The topological polar surface area (TPSA) is 84.2 Å². The lowest BCUT2D eigenvalue weighted by Crippen LogP contribution is -2.45. The largest absolute Gasteiger partial charge is 0.281 e. The summed E-state index contributed by atoms with van der Waals surface area (Å²) in [7, 11) is -0.271. The van der Waals surface area contributed by atoms with Crippen LogP contribution in [0.4, 0.5) is 0 Å². The summed E-state index contributed by atoms with van der Waals surface area (Å²) in [6.07, 6.45) is 7.02. The molecular formula is C17H26N6O2S. The van der Waals surface area contributed by atoms with E-state index < -0.39 is 10.2 Å². The highest BCUT2D eigenvalue weighted by molar-refractivity contribution is 7.86. The maximum Gasteiger partial charge on any atom is 0.281 e. The molecule has 0 amide bonds. The van der Waals surface area contributed by atoms with Crippen LogP contribution in [0.15, 0.2) is 24.7 Å². The van der Waals surface area contributed by atoms with Gasteiger partial charge >= 0.3 is 0 Å². The van der Waals surface area contributed by atoms with Gasteiger partial charge in [-0.05, 0) is 32.8 Å². The van der Waals surface area contributed by atoms with Crippen molar-refractivity contribution in [3.8, 4) is 11.4 Å². The molecule has 0 spiro atoms. The third kappa shape index (κ3) is 3.65. The minimum absolute atomic E-state index is 0.0648. The Morgan fingerprint density at radius 1 is 1.23 bits per heavy atom. The van der Waals surface area contributed by atoms with Crippen molar-refractivity contribution in [3.63, 3.8) is 0 Å². The lowest BCUT2D eigenvalue weighted by Gasteiger charge is -2.33. The van der Waals surface area contributed by atoms with Gasteiger partial charge in [0.05, 0.1) is 17.6 Å². The van der Waals surface area contributed by atoms with Crippen LogP contribution in [0.1, 0.15) is 44.3 Å². The fourth-order valence-corrected chi connectivity index (χ4v) is 4.42. The minimum atomic E-state index is -3.39. The van der Waals surface area contributed by atoms with Gasteiger partial charge in [-0.25, -0.2) is 0 Å². The van der Waals surface area contributed by atoms with Crippen molar-refractivity contribution in [2.24, 2.45) is 0 Å². The second-order valence-corrected chi connectivity index (χ2v) is 9.21. The Balaban J connectivity index is 1.79. The molecule has 8 nitrogen and oxygen atoms in total. The molecule has 1 fully saturated rings. The number of aromatic nitrogens is 4. The van der Waals surface area contributed by atoms with E-state index in [2.05, 4.69) is 28.9 Å². The first-order chi connectivity index (χ1) is 12.3. The molecule has 26 heavy (non-hydrogen) atoms. The molecule has 1 saturated heterocycles. The molecule has 0 aliphatic carbocycles. The van der Waals surface area contributed by atoms with E-state index in [-0.39, 0.29) is 12.0 Å². The zero-order chi connectivity index (χ0) is 18.9. The summed E-state index contributed by atoms with van der Waals surface area (Å²) in [6.45, 7) is 5.13. The highest BCUT2D eigenvalue weighted by Crippen LogP contribution is 2.28. The van der Waals surface area contributed by atoms with Crippen LogP contribution in [-0.4, -0.2) is 64.0 Å². The van der Waals surface area contributed by atoms with Gasteiger partial charge in [-0.1, -0.05) is 0 Å². The molecule has 9 heteroatoms. The summed E-state index contributed by atoms with van der Waals surface area (Å²) >= 11 is 0. The van der Waals surface area contributed by atoms with E-state index >= 15 is 0 Å². The van der Waals surface area contributed by atoms with Gasteiger partial charge in [-0.15, -0.1) is 0 Å². The van der Waals surface area contributed by atoms with E-state index in [4.69, 9.17) is 0 Å². The normalized spacial score (nSPS) is 19.4. The van der Waals surface area contributed by atoms with Crippen LogP contribution < -0.4 is 0 Å². The average molecular weight is 379 g/mol. The molecule has 0 aromatic carbocycles. The van der Waals surface area contributed by atoms with Crippen molar-refractivity contribution in [2.75, 3.05) is 27.2 Å². The molecule has 1 atom stereocenters. The van der Waals surface area contributed by atoms with E-state index in [9.17, 15) is 8.42 Å². The summed E-state index contributed by atoms with van der Waals surface area (Å²) in [4.78, 5) is 9.14. The SMILES string of the molecule is CC(C)n1nccc1-c1cnc([C@H]2CCCN(S(=O)(=O)N(C)C)C2)cn1. The predicted molar refractivity (Wildman–Crippen MR) is 99.8 cm³/mol. The quantitative estimate of drug-likeness (QED) is 0.793. The van der Waals surface area contributed by atoms with Crippen molar-refractivity contribution in [1.29, 1.82) is 0 Å². The lowest BCUT2D eigenvalue weighted by atomic mass is 9.96. The maximum atomic E-state index is 12.4. The first-order valence-corrected chi connectivity index (χ1v) is 10.2. The Hall–Kier alpha value is -1.84. The molecule has 1 aliphatic heterocycles. The fraction of sp³-hybridized carbons (Fsp3) is 0.588. The van der Waals surface area contributed by atoms with Gasteiger partial charge in [-0.3, -0.25) is 14.6 Å². The Bertz CT molecular complexity index is 844. The fourth-order valence-electron chi connectivity index (χ4n) is 3.23. The van der Waals surface area contributed by atoms with Gasteiger partial charge in [0.1, 0.15) is 5.69 Å². The Kier molecular flexibility index (Phi) is 5.40. The first kappa shape index (κ1) is 18.9.